The standard InChI is InChI=1S/C20H20N4O2/c1-14-11-16-9-5-6-10-17(16)24(14)18(25)12-23-13-21-22-20(23)19(26)15-7-3-2-4-8-15/h2-10,13-14,19,26H,11-12H2,1H3. The van der Waals surface area contributed by atoms with E-state index in [1.165, 1.54) is 11.9 Å². The van der Waals surface area contributed by atoms with Crippen molar-refractivity contribution in [2.75, 3.05) is 4.90 Å². The summed E-state index contributed by atoms with van der Waals surface area (Å²) >= 11 is 0. The first kappa shape index (κ1) is 16.5. The Hall–Kier alpha value is -2.99. The summed E-state index contributed by atoms with van der Waals surface area (Å²) < 4.78 is 1.62. The fourth-order valence-electron chi connectivity index (χ4n) is 3.55. The van der Waals surface area contributed by atoms with Crippen LogP contribution in [0.4, 0.5) is 5.69 Å². The lowest BCUT2D eigenvalue weighted by Gasteiger charge is -2.23. The van der Waals surface area contributed by atoms with Gasteiger partial charge in [-0.1, -0.05) is 48.5 Å². The highest BCUT2D eigenvalue weighted by Gasteiger charge is 2.31. The highest BCUT2D eigenvalue weighted by molar-refractivity contribution is 5.96. The number of amides is 1. The Morgan fingerprint density at radius 1 is 1.19 bits per heavy atom. The number of hydrogen-bond donors (Lipinski definition) is 1. The fourth-order valence-corrected chi connectivity index (χ4v) is 3.55. The SMILES string of the molecule is CC1Cc2ccccc2N1C(=O)Cn1cnnc1C(O)c1ccccc1. The summed E-state index contributed by atoms with van der Waals surface area (Å²) in [5.74, 6) is 0.327. The molecule has 0 bridgehead atoms. The van der Waals surface area contributed by atoms with Gasteiger partial charge in [0, 0.05) is 11.7 Å². The number of fused-ring (bicyclic) bond motifs is 1. The van der Waals surface area contributed by atoms with Gasteiger partial charge < -0.3 is 14.6 Å². The summed E-state index contributed by atoms with van der Waals surface area (Å²) in [7, 11) is 0. The summed E-state index contributed by atoms with van der Waals surface area (Å²) in [6, 6.07) is 17.3. The molecule has 1 aliphatic heterocycles. The smallest absolute Gasteiger partial charge is 0.247 e. The third-order valence-electron chi connectivity index (χ3n) is 4.79. The van der Waals surface area contributed by atoms with Crippen LogP contribution in [0.15, 0.2) is 60.9 Å². The number of carbonyl (C=O) groups is 1. The second-order valence-corrected chi connectivity index (χ2v) is 6.58. The highest BCUT2D eigenvalue weighted by atomic mass is 16.3. The van der Waals surface area contributed by atoms with Gasteiger partial charge in [0.15, 0.2) is 5.82 Å². The third-order valence-corrected chi connectivity index (χ3v) is 4.79. The second-order valence-electron chi connectivity index (χ2n) is 6.58. The van der Waals surface area contributed by atoms with Crippen LogP contribution in [0, 0.1) is 0 Å². The summed E-state index contributed by atoms with van der Waals surface area (Å²) in [4.78, 5) is 14.8. The zero-order chi connectivity index (χ0) is 18.1. The molecule has 1 N–H and O–H groups in total. The number of nitrogens with zero attached hydrogens (tertiary/aromatic N) is 4. The molecule has 0 radical (unpaired) electrons. The van der Waals surface area contributed by atoms with E-state index in [-0.39, 0.29) is 18.5 Å². The number of aliphatic hydroxyl groups excluding tert-OH is 1. The minimum Gasteiger partial charge on any atom is -0.380 e. The Kier molecular flexibility index (Phi) is 4.26. The molecule has 2 atom stereocenters. The normalized spacial score (nSPS) is 17.2. The van der Waals surface area contributed by atoms with Gasteiger partial charge in [-0.15, -0.1) is 10.2 Å². The van der Waals surface area contributed by atoms with E-state index >= 15 is 0 Å². The van der Waals surface area contributed by atoms with Gasteiger partial charge in [0.05, 0.1) is 0 Å². The van der Waals surface area contributed by atoms with Gasteiger partial charge in [0.25, 0.3) is 0 Å². The topological polar surface area (TPSA) is 71.2 Å². The Morgan fingerprint density at radius 3 is 2.73 bits per heavy atom. The van der Waals surface area contributed by atoms with E-state index in [9.17, 15) is 9.90 Å². The van der Waals surface area contributed by atoms with Crippen LogP contribution >= 0.6 is 0 Å². The van der Waals surface area contributed by atoms with E-state index in [2.05, 4.69) is 16.3 Å². The molecule has 6 heteroatoms. The maximum atomic E-state index is 13.0. The van der Waals surface area contributed by atoms with Gasteiger partial charge in [-0.05, 0) is 30.5 Å². The van der Waals surface area contributed by atoms with Crippen molar-refractivity contribution in [3.8, 4) is 0 Å². The van der Waals surface area contributed by atoms with Crippen molar-refractivity contribution in [1.82, 2.24) is 14.8 Å². The molecule has 1 aromatic heterocycles. The van der Waals surface area contributed by atoms with E-state index in [4.69, 9.17) is 0 Å². The molecule has 26 heavy (non-hydrogen) atoms. The monoisotopic (exact) mass is 348 g/mol. The quantitative estimate of drug-likeness (QED) is 0.786. The van der Waals surface area contributed by atoms with E-state index in [1.807, 2.05) is 60.4 Å². The number of anilines is 1. The molecule has 0 saturated carbocycles. The molecule has 2 unspecified atom stereocenters. The van der Waals surface area contributed by atoms with Gasteiger partial charge in [-0.3, -0.25) is 4.79 Å². The molecule has 0 saturated heterocycles. The summed E-state index contributed by atoms with van der Waals surface area (Å²) in [6.45, 7) is 2.13. The van der Waals surface area contributed by atoms with E-state index in [0.29, 0.717) is 11.4 Å². The lowest BCUT2D eigenvalue weighted by molar-refractivity contribution is -0.119. The zero-order valence-electron chi connectivity index (χ0n) is 14.5. The first-order valence-electron chi connectivity index (χ1n) is 8.66. The fraction of sp³-hybridized carbons (Fsp3) is 0.250. The summed E-state index contributed by atoms with van der Waals surface area (Å²) in [5.41, 5.74) is 2.86. The molecular formula is C20H20N4O2. The zero-order valence-corrected chi connectivity index (χ0v) is 14.5. The Labute approximate surface area is 151 Å². The number of aliphatic hydroxyl groups is 1. The molecule has 1 amide bonds. The van der Waals surface area contributed by atoms with Crippen molar-refractivity contribution in [3.63, 3.8) is 0 Å². The lowest BCUT2D eigenvalue weighted by Crippen LogP contribution is -2.38. The van der Waals surface area contributed by atoms with Gasteiger partial charge in [0.2, 0.25) is 5.91 Å². The predicted octanol–water partition coefficient (Wildman–Crippen LogP) is 2.34. The number of carbonyl (C=O) groups excluding carboxylic acids is 1. The van der Waals surface area contributed by atoms with E-state index in [0.717, 1.165) is 12.1 Å². The third kappa shape index (κ3) is 2.88. The van der Waals surface area contributed by atoms with Crippen LogP contribution in [0.2, 0.25) is 0 Å². The number of aromatic nitrogens is 3. The molecule has 0 spiro atoms. The van der Waals surface area contributed by atoms with Gasteiger partial charge in [-0.25, -0.2) is 0 Å². The molecule has 1 aliphatic rings. The number of benzene rings is 2. The van der Waals surface area contributed by atoms with Gasteiger partial charge in [-0.2, -0.15) is 0 Å². The van der Waals surface area contributed by atoms with E-state index in [1.54, 1.807) is 4.57 Å². The van der Waals surface area contributed by atoms with Crippen LogP contribution in [0.3, 0.4) is 0 Å². The maximum Gasteiger partial charge on any atom is 0.247 e. The molecular weight excluding hydrogens is 328 g/mol. The lowest BCUT2D eigenvalue weighted by atomic mass is 10.1. The predicted molar refractivity (Wildman–Crippen MR) is 97.6 cm³/mol. The number of rotatable bonds is 4. The average molecular weight is 348 g/mol. The van der Waals surface area contributed by atoms with Crippen LogP contribution in [-0.4, -0.2) is 31.8 Å². The Bertz CT molecular complexity index is 922. The van der Waals surface area contributed by atoms with Crippen LogP contribution in [0.1, 0.15) is 30.0 Å². The van der Waals surface area contributed by atoms with Crippen LogP contribution in [0.25, 0.3) is 0 Å². The molecule has 3 aromatic rings. The first-order valence-corrected chi connectivity index (χ1v) is 8.66. The first-order chi connectivity index (χ1) is 12.6. The molecule has 2 heterocycles. The van der Waals surface area contributed by atoms with Crippen molar-refractivity contribution in [1.29, 1.82) is 0 Å². The largest absolute Gasteiger partial charge is 0.380 e. The maximum absolute atomic E-state index is 13.0. The van der Waals surface area contributed by atoms with Crippen molar-refractivity contribution in [2.24, 2.45) is 0 Å². The molecule has 0 fully saturated rings. The van der Waals surface area contributed by atoms with Crippen molar-refractivity contribution >= 4 is 11.6 Å². The molecule has 2 aromatic carbocycles. The summed E-state index contributed by atoms with van der Waals surface area (Å²) in [6.07, 6.45) is 1.42. The molecule has 0 aliphatic carbocycles. The van der Waals surface area contributed by atoms with Crippen molar-refractivity contribution in [3.05, 3.63) is 77.9 Å². The number of hydrogen-bond acceptors (Lipinski definition) is 4. The molecule has 132 valence electrons. The van der Waals surface area contributed by atoms with Crippen LogP contribution < -0.4 is 4.90 Å². The van der Waals surface area contributed by atoms with Crippen molar-refractivity contribution in [2.45, 2.75) is 32.0 Å². The van der Waals surface area contributed by atoms with Crippen molar-refractivity contribution < 1.29 is 9.90 Å². The second kappa shape index (κ2) is 6.72. The Balaban J connectivity index is 1.58. The highest BCUT2D eigenvalue weighted by Crippen LogP contribution is 2.32. The van der Waals surface area contributed by atoms with Crippen LogP contribution in [0.5, 0.6) is 0 Å². The van der Waals surface area contributed by atoms with Gasteiger partial charge >= 0.3 is 0 Å². The molecule has 6 nitrogen and oxygen atoms in total. The Morgan fingerprint density at radius 2 is 1.92 bits per heavy atom. The van der Waals surface area contributed by atoms with E-state index < -0.39 is 6.10 Å². The number of para-hydroxylation sites is 1. The minimum absolute atomic E-state index is 0.0382. The summed E-state index contributed by atoms with van der Waals surface area (Å²) in [5, 5.41) is 18.5. The van der Waals surface area contributed by atoms with Gasteiger partial charge in [0.1, 0.15) is 19.0 Å². The molecule has 4 rings (SSSR count). The van der Waals surface area contributed by atoms with Crippen LogP contribution in [-0.2, 0) is 17.8 Å². The average Bonchev–Trinajstić information content (AvgIpc) is 3.24. The minimum atomic E-state index is -0.921.